The fourth-order valence-corrected chi connectivity index (χ4v) is 3.15. The fourth-order valence-electron chi connectivity index (χ4n) is 2.79. The molecule has 0 spiro atoms. The van der Waals surface area contributed by atoms with E-state index in [1.165, 1.54) is 4.90 Å². The van der Waals surface area contributed by atoms with E-state index in [0.29, 0.717) is 11.4 Å². The van der Waals surface area contributed by atoms with Gasteiger partial charge in [-0.1, -0.05) is 17.7 Å². The Bertz CT molecular complexity index is 849. The molecule has 1 saturated heterocycles. The van der Waals surface area contributed by atoms with Crippen LogP contribution in [0.4, 0.5) is 16.2 Å². The minimum atomic E-state index is -0.642. The van der Waals surface area contributed by atoms with Crippen molar-refractivity contribution in [3.05, 3.63) is 57.7 Å². The minimum absolute atomic E-state index is 0.309. The van der Waals surface area contributed by atoms with Crippen LogP contribution in [0.3, 0.4) is 0 Å². The lowest BCUT2D eigenvalue weighted by Gasteiger charge is -2.19. The van der Waals surface area contributed by atoms with Gasteiger partial charge in [0.1, 0.15) is 12.6 Å². The van der Waals surface area contributed by atoms with Crippen LogP contribution in [0.1, 0.15) is 12.5 Å². The van der Waals surface area contributed by atoms with E-state index in [1.807, 2.05) is 31.2 Å². The van der Waals surface area contributed by atoms with Crippen LogP contribution in [-0.2, 0) is 9.59 Å². The minimum Gasteiger partial charge on any atom is -0.325 e. The molecule has 0 saturated carbocycles. The number of benzene rings is 2. The summed E-state index contributed by atoms with van der Waals surface area (Å²) in [4.78, 5) is 39.8. The van der Waals surface area contributed by atoms with Gasteiger partial charge in [-0.05, 0) is 72.8 Å². The molecule has 0 radical (unpaired) electrons. The van der Waals surface area contributed by atoms with Gasteiger partial charge in [0.25, 0.3) is 5.91 Å². The van der Waals surface area contributed by atoms with Crippen LogP contribution in [0.5, 0.6) is 0 Å². The van der Waals surface area contributed by atoms with Gasteiger partial charge >= 0.3 is 6.03 Å². The quantitative estimate of drug-likeness (QED) is 0.559. The van der Waals surface area contributed by atoms with Gasteiger partial charge in [0.15, 0.2) is 0 Å². The number of halogens is 1. The van der Waals surface area contributed by atoms with Gasteiger partial charge in [0.05, 0.1) is 0 Å². The van der Waals surface area contributed by atoms with Crippen molar-refractivity contribution < 1.29 is 14.4 Å². The highest BCUT2D eigenvalue weighted by atomic mass is 127. The molecule has 1 aliphatic rings. The molecule has 1 unspecified atom stereocenters. The summed E-state index contributed by atoms with van der Waals surface area (Å²) in [7, 11) is 0. The van der Waals surface area contributed by atoms with Crippen molar-refractivity contribution >= 4 is 51.8 Å². The Labute approximate surface area is 165 Å². The van der Waals surface area contributed by atoms with Gasteiger partial charge in [-0.2, -0.15) is 0 Å². The zero-order chi connectivity index (χ0) is 18.8. The van der Waals surface area contributed by atoms with Crippen LogP contribution in [0.15, 0.2) is 48.5 Å². The lowest BCUT2D eigenvalue weighted by molar-refractivity contribution is -0.130. The maximum Gasteiger partial charge on any atom is 0.332 e. The monoisotopic (exact) mass is 463 g/mol. The number of anilines is 2. The van der Waals surface area contributed by atoms with Crippen LogP contribution in [-0.4, -0.2) is 35.3 Å². The Morgan fingerprint density at radius 1 is 1.08 bits per heavy atom. The molecular formula is C19H18IN3O3. The number of nitrogens with zero attached hydrogens (tertiary/aromatic N) is 2. The number of hydrogen-bond acceptors (Lipinski definition) is 3. The number of imide groups is 1. The second-order valence-electron chi connectivity index (χ2n) is 6.14. The van der Waals surface area contributed by atoms with E-state index in [0.717, 1.165) is 14.0 Å². The number of carbonyl (C=O) groups is 3. The first-order valence-electron chi connectivity index (χ1n) is 8.13. The van der Waals surface area contributed by atoms with E-state index in [2.05, 4.69) is 27.9 Å². The van der Waals surface area contributed by atoms with E-state index in [4.69, 9.17) is 0 Å². The summed E-state index contributed by atoms with van der Waals surface area (Å²) in [5.41, 5.74) is 2.33. The first kappa shape index (κ1) is 18.4. The summed E-state index contributed by atoms with van der Waals surface area (Å²) in [5, 5.41) is 2.71. The predicted molar refractivity (Wildman–Crippen MR) is 108 cm³/mol. The van der Waals surface area contributed by atoms with Gasteiger partial charge in [-0.25, -0.2) is 4.79 Å². The predicted octanol–water partition coefficient (Wildman–Crippen LogP) is 3.40. The number of aryl methyl sites for hydroxylation is 1. The molecule has 4 amide bonds. The number of hydrogen-bond donors (Lipinski definition) is 1. The Hall–Kier alpha value is -2.42. The van der Waals surface area contributed by atoms with Crippen molar-refractivity contribution in [3.63, 3.8) is 0 Å². The standard InChI is InChI=1S/C19H18IN3O3/c1-12-3-9-16(10-4-12)23-13(2)18(25)22(19(23)26)11-17(24)21-15-7-5-14(20)6-8-15/h3-10,13H,11H2,1-2H3,(H,21,24). The van der Waals surface area contributed by atoms with Crippen LogP contribution in [0.25, 0.3) is 0 Å². The summed E-state index contributed by atoms with van der Waals surface area (Å²) in [6.45, 7) is 3.30. The van der Waals surface area contributed by atoms with Crippen LogP contribution in [0.2, 0.25) is 0 Å². The normalized spacial score (nSPS) is 17.0. The van der Waals surface area contributed by atoms with Crippen LogP contribution >= 0.6 is 22.6 Å². The van der Waals surface area contributed by atoms with Crippen molar-refractivity contribution in [2.24, 2.45) is 0 Å². The molecule has 1 heterocycles. The largest absolute Gasteiger partial charge is 0.332 e. The molecule has 26 heavy (non-hydrogen) atoms. The van der Waals surface area contributed by atoms with Gasteiger partial charge in [0, 0.05) is 14.9 Å². The third-order valence-electron chi connectivity index (χ3n) is 4.19. The summed E-state index contributed by atoms with van der Waals surface area (Å²) >= 11 is 2.17. The molecule has 1 atom stereocenters. The van der Waals surface area contributed by atoms with E-state index in [1.54, 1.807) is 31.2 Å². The molecule has 0 aliphatic carbocycles. The molecule has 2 aromatic carbocycles. The number of rotatable bonds is 4. The average Bonchev–Trinajstić information content (AvgIpc) is 2.82. The molecule has 6 nitrogen and oxygen atoms in total. The molecule has 2 aromatic rings. The lowest BCUT2D eigenvalue weighted by atomic mass is 10.2. The molecule has 1 N–H and O–H groups in total. The molecule has 3 rings (SSSR count). The number of carbonyl (C=O) groups excluding carboxylic acids is 3. The summed E-state index contributed by atoms with van der Waals surface area (Å²) in [6.07, 6.45) is 0. The van der Waals surface area contributed by atoms with E-state index >= 15 is 0 Å². The SMILES string of the molecule is Cc1ccc(N2C(=O)N(CC(=O)Nc3ccc(I)cc3)C(=O)C2C)cc1. The topological polar surface area (TPSA) is 69.7 Å². The summed E-state index contributed by atoms with van der Waals surface area (Å²) < 4.78 is 1.05. The highest BCUT2D eigenvalue weighted by Crippen LogP contribution is 2.26. The smallest absolute Gasteiger partial charge is 0.325 e. The molecule has 1 fully saturated rings. The van der Waals surface area contributed by atoms with Gasteiger partial charge in [-0.15, -0.1) is 0 Å². The zero-order valence-corrected chi connectivity index (χ0v) is 16.6. The zero-order valence-electron chi connectivity index (χ0n) is 14.4. The van der Waals surface area contributed by atoms with E-state index < -0.39 is 18.0 Å². The van der Waals surface area contributed by atoms with Crippen molar-refractivity contribution in [3.8, 4) is 0 Å². The molecular weight excluding hydrogens is 445 g/mol. The fraction of sp³-hybridized carbons (Fsp3) is 0.211. The lowest BCUT2D eigenvalue weighted by Crippen LogP contribution is -2.39. The summed E-state index contributed by atoms with van der Waals surface area (Å²) in [6, 6.07) is 13.5. The number of amides is 4. The average molecular weight is 463 g/mol. The Morgan fingerprint density at radius 2 is 1.69 bits per heavy atom. The van der Waals surface area contributed by atoms with Crippen molar-refractivity contribution in [2.45, 2.75) is 19.9 Å². The maximum absolute atomic E-state index is 12.7. The highest BCUT2D eigenvalue weighted by molar-refractivity contribution is 14.1. The van der Waals surface area contributed by atoms with Crippen LogP contribution < -0.4 is 10.2 Å². The molecule has 1 aliphatic heterocycles. The van der Waals surface area contributed by atoms with Gasteiger partial charge < -0.3 is 5.32 Å². The second kappa shape index (κ2) is 7.45. The van der Waals surface area contributed by atoms with Crippen molar-refractivity contribution in [1.82, 2.24) is 4.90 Å². The van der Waals surface area contributed by atoms with Crippen molar-refractivity contribution in [2.75, 3.05) is 16.8 Å². The number of urea groups is 1. The van der Waals surface area contributed by atoms with Crippen molar-refractivity contribution in [1.29, 1.82) is 0 Å². The Morgan fingerprint density at radius 3 is 2.31 bits per heavy atom. The number of nitrogens with one attached hydrogen (secondary N) is 1. The molecule has 0 bridgehead atoms. The van der Waals surface area contributed by atoms with E-state index in [-0.39, 0.29) is 12.5 Å². The second-order valence-corrected chi connectivity index (χ2v) is 7.39. The van der Waals surface area contributed by atoms with E-state index in [9.17, 15) is 14.4 Å². The Balaban J connectivity index is 1.72. The first-order valence-corrected chi connectivity index (χ1v) is 9.21. The van der Waals surface area contributed by atoms with Crippen LogP contribution in [0, 0.1) is 10.5 Å². The summed E-state index contributed by atoms with van der Waals surface area (Å²) in [5.74, 6) is -0.792. The molecule has 0 aromatic heterocycles. The maximum atomic E-state index is 12.7. The van der Waals surface area contributed by atoms with Gasteiger partial charge in [0.2, 0.25) is 5.91 Å². The first-order chi connectivity index (χ1) is 12.4. The third kappa shape index (κ3) is 3.72. The highest BCUT2D eigenvalue weighted by Gasteiger charge is 2.43. The third-order valence-corrected chi connectivity index (χ3v) is 4.91. The van der Waals surface area contributed by atoms with Gasteiger partial charge in [-0.3, -0.25) is 19.4 Å². The molecule has 134 valence electrons. The Kier molecular flexibility index (Phi) is 5.26. The molecule has 7 heteroatoms.